The average Bonchev–Trinajstić information content (AvgIpc) is 2.98. The number of amides is 1. The summed E-state index contributed by atoms with van der Waals surface area (Å²) in [7, 11) is 0. The fraction of sp³-hybridized carbons (Fsp3) is 0.308. The molecule has 18 heavy (non-hydrogen) atoms. The Hall–Kier alpha value is -1.33. The molecule has 5 heteroatoms. The van der Waals surface area contributed by atoms with Gasteiger partial charge < -0.3 is 10.6 Å². The van der Waals surface area contributed by atoms with Gasteiger partial charge in [-0.05, 0) is 25.1 Å². The molecule has 1 aliphatic heterocycles. The van der Waals surface area contributed by atoms with Gasteiger partial charge in [0.2, 0.25) is 0 Å². The van der Waals surface area contributed by atoms with Crippen LogP contribution in [-0.2, 0) is 0 Å². The Morgan fingerprint density at radius 3 is 3.00 bits per heavy atom. The maximum atomic E-state index is 12.2. The molecule has 1 aromatic carbocycles. The number of nitrogens with one attached hydrogen (secondary N) is 2. The van der Waals surface area contributed by atoms with Crippen LogP contribution >= 0.6 is 16.1 Å². The van der Waals surface area contributed by atoms with Crippen LogP contribution in [0.5, 0.6) is 0 Å². The average molecular weight is 308 g/mol. The number of hydrogen-bond donors (Lipinski definition) is 2. The molecule has 0 aliphatic carbocycles. The number of carbonyl (C=O) groups is 1. The lowest BCUT2D eigenvalue weighted by Crippen LogP contribution is -2.36. The molecule has 94 valence electrons. The molecule has 1 atom stereocenters. The van der Waals surface area contributed by atoms with E-state index in [1.54, 1.807) is 3.59 Å². The quantitative estimate of drug-likeness (QED) is 0.890. The predicted molar refractivity (Wildman–Crippen MR) is 75.0 cm³/mol. The van der Waals surface area contributed by atoms with Crippen LogP contribution in [-0.4, -0.2) is 28.6 Å². The molecule has 1 aliphatic rings. The maximum Gasteiger partial charge on any atom is 0.269 e. The molecule has 1 saturated heterocycles. The van der Waals surface area contributed by atoms with Crippen LogP contribution in [0.15, 0.2) is 30.3 Å². The highest BCUT2D eigenvalue weighted by Crippen LogP contribution is 2.22. The summed E-state index contributed by atoms with van der Waals surface area (Å²) >= 11 is 3.44. The van der Waals surface area contributed by atoms with Crippen LogP contribution in [0.2, 0.25) is 0 Å². The van der Waals surface area contributed by atoms with Gasteiger partial charge in [-0.3, -0.25) is 8.39 Å². The summed E-state index contributed by atoms with van der Waals surface area (Å²) < 4.78 is 1.76. The molecule has 1 amide bonds. The second-order valence-electron chi connectivity index (χ2n) is 4.53. The van der Waals surface area contributed by atoms with Crippen molar-refractivity contribution in [3.63, 3.8) is 0 Å². The summed E-state index contributed by atoms with van der Waals surface area (Å²) in [6, 6.07) is 10.1. The molecule has 2 aromatic rings. The van der Waals surface area contributed by atoms with E-state index in [9.17, 15) is 4.79 Å². The first-order valence-corrected chi connectivity index (χ1v) is 6.75. The van der Waals surface area contributed by atoms with Crippen molar-refractivity contribution in [2.45, 2.75) is 12.5 Å². The normalized spacial score (nSPS) is 19.3. The van der Waals surface area contributed by atoms with Crippen molar-refractivity contribution in [1.82, 2.24) is 14.2 Å². The molecule has 1 fully saturated rings. The van der Waals surface area contributed by atoms with Crippen LogP contribution in [0.25, 0.3) is 10.9 Å². The van der Waals surface area contributed by atoms with Crippen molar-refractivity contribution in [2.24, 2.45) is 0 Å². The van der Waals surface area contributed by atoms with E-state index in [0.717, 1.165) is 30.4 Å². The summed E-state index contributed by atoms with van der Waals surface area (Å²) in [5.74, 6) is -0.0308. The Bertz CT molecular complexity index is 587. The Labute approximate surface area is 114 Å². The van der Waals surface area contributed by atoms with Crippen molar-refractivity contribution in [3.8, 4) is 0 Å². The number of rotatable bonds is 2. The Morgan fingerprint density at radius 1 is 1.44 bits per heavy atom. The summed E-state index contributed by atoms with van der Waals surface area (Å²) in [6.07, 6.45) is 0.994. The first-order valence-electron chi connectivity index (χ1n) is 6.04. The van der Waals surface area contributed by atoms with E-state index in [1.807, 2.05) is 30.3 Å². The van der Waals surface area contributed by atoms with Gasteiger partial charge in [-0.1, -0.05) is 18.2 Å². The molecule has 0 spiro atoms. The number of halogens is 1. The van der Waals surface area contributed by atoms with E-state index in [4.69, 9.17) is 0 Å². The van der Waals surface area contributed by atoms with Gasteiger partial charge in [-0.2, -0.15) is 0 Å². The SMILES string of the molecule is O=C(N[C@H]1CCNC1)c1cc2ccccc2n1Br. The lowest BCUT2D eigenvalue weighted by Gasteiger charge is -2.11. The van der Waals surface area contributed by atoms with E-state index < -0.39 is 0 Å². The van der Waals surface area contributed by atoms with Gasteiger partial charge in [0.05, 0.1) is 21.7 Å². The van der Waals surface area contributed by atoms with Crippen molar-refractivity contribution in [3.05, 3.63) is 36.0 Å². The Kier molecular flexibility index (Phi) is 3.09. The number of para-hydroxylation sites is 1. The number of benzene rings is 1. The van der Waals surface area contributed by atoms with Crippen molar-refractivity contribution in [2.75, 3.05) is 13.1 Å². The van der Waals surface area contributed by atoms with Crippen molar-refractivity contribution < 1.29 is 4.79 Å². The second-order valence-corrected chi connectivity index (χ2v) is 5.24. The van der Waals surface area contributed by atoms with Crippen molar-refractivity contribution >= 4 is 33.0 Å². The zero-order chi connectivity index (χ0) is 12.5. The molecule has 4 nitrogen and oxygen atoms in total. The van der Waals surface area contributed by atoms with Gasteiger partial charge >= 0.3 is 0 Å². The highest BCUT2D eigenvalue weighted by atomic mass is 79.9. The van der Waals surface area contributed by atoms with Crippen LogP contribution in [0.1, 0.15) is 16.9 Å². The Morgan fingerprint density at radius 2 is 2.28 bits per heavy atom. The molecule has 0 radical (unpaired) electrons. The zero-order valence-corrected chi connectivity index (χ0v) is 11.4. The highest BCUT2D eigenvalue weighted by Gasteiger charge is 2.20. The van der Waals surface area contributed by atoms with E-state index in [0.29, 0.717) is 5.69 Å². The molecule has 0 bridgehead atoms. The highest BCUT2D eigenvalue weighted by molar-refractivity contribution is 9.08. The summed E-state index contributed by atoms with van der Waals surface area (Å²) in [6.45, 7) is 1.83. The van der Waals surface area contributed by atoms with E-state index >= 15 is 0 Å². The van der Waals surface area contributed by atoms with Gasteiger partial charge in [0.1, 0.15) is 5.69 Å². The van der Waals surface area contributed by atoms with Crippen molar-refractivity contribution in [1.29, 1.82) is 0 Å². The minimum absolute atomic E-state index is 0.0308. The maximum absolute atomic E-state index is 12.2. The van der Waals surface area contributed by atoms with Crippen LogP contribution < -0.4 is 10.6 Å². The zero-order valence-electron chi connectivity index (χ0n) is 9.82. The number of carbonyl (C=O) groups excluding carboxylic acids is 1. The first kappa shape index (κ1) is 11.7. The number of hydrogen-bond acceptors (Lipinski definition) is 2. The summed E-state index contributed by atoms with van der Waals surface area (Å²) in [4.78, 5) is 12.2. The summed E-state index contributed by atoms with van der Waals surface area (Å²) in [5, 5.41) is 7.34. The van der Waals surface area contributed by atoms with E-state index in [2.05, 4.69) is 26.8 Å². The molecular formula is C13H14BrN3O. The third-order valence-electron chi connectivity index (χ3n) is 3.28. The lowest BCUT2D eigenvalue weighted by molar-refractivity contribution is 0.0935. The molecular weight excluding hydrogens is 294 g/mol. The van der Waals surface area contributed by atoms with Gasteiger partial charge in [-0.25, -0.2) is 0 Å². The van der Waals surface area contributed by atoms with E-state index in [-0.39, 0.29) is 11.9 Å². The number of aromatic nitrogens is 1. The summed E-state index contributed by atoms with van der Waals surface area (Å²) in [5.41, 5.74) is 1.65. The topological polar surface area (TPSA) is 46.1 Å². The van der Waals surface area contributed by atoms with Gasteiger partial charge in [0.25, 0.3) is 5.91 Å². The number of nitrogens with zero attached hydrogens (tertiary/aromatic N) is 1. The molecule has 0 saturated carbocycles. The first-order chi connectivity index (χ1) is 8.75. The fourth-order valence-corrected chi connectivity index (χ4v) is 2.90. The number of fused-ring (bicyclic) bond motifs is 1. The van der Waals surface area contributed by atoms with Crippen LogP contribution in [0.3, 0.4) is 0 Å². The third kappa shape index (κ3) is 2.04. The van der Waals surface area contributed by atoms with Crippen LogP contribution in [0, 0.1) is 0 Å². The molecule has 3 rings (SSSR count). The molecule has 2 N–H and O–H groups in total. The lowest BCUT2D eigenvalue weighted by atomic mass is 10.2. The predicted octanol–water partition coefficient (Wildman–Crippen LogP) is 1.89. The van der Waals surface area contributed by atoms with Crippen LogP contribution in [0.4, 0.5) is 0 Å². The largest absolute Gasteiger partial charge is 0.347 e. The van der Waals surface area contributed by atoms with Gasteiger partial charge in [0.15, 0.2) is 0 Å². The smallest absolute Gasteiger partial charge is 0.269 e. The van der Waals surface area contributed by atoms with E-state index in [1.165, 1.54) is 0 Å². The van der Waals surface area contributed by atoms with Gasteiger partial charge in [0, 0.05) is 18.0 Å². The monoisotopic (exact) mass is 307 g/mol. The van der Waals surface area contributed by atoms with Gasteiger partial charge in [-0.15, -0.1) is 0 Å². The standard InChI is InChI=1S/C13H14BrN3O/c14-17-11-4-2-1-3-9(11)7-12(17)13(18)16-10-5-6-15-8-10/h1-4,7,10,15H,5-6,8H2,(H,16,18)/t10-/m0/s1. The third-order valence-corrected chi connectivity index (χ3v) is 4.04. The molecule has 0 unspecified atom stereocenters. The second kappa shape index (κ2) is 4.74. The Balaban J connectivity index is 1.88. The fourth-order valence-electron chi connectivity index (χ4n) is 2.31. The molecule has 2 heterocycles. The minimum Gasteiger partial charge on any atom is -0.347 e. The molecule has 1 aromatic heterocycles. The minimum atomic E-state index is -0.0308.